The number of hydrogen-bond donors (Lipinski definition) is 3. The van der Waals surface area contributed by atoms with E-state index in [1.807, 2.05) is 31.2 Å². The average Bonchev–Trinajstić information content (AvgIpc) is 2.63. The number of carbonyl (C=O) groups is 2. The highest BCUT2D eigenvalue weighted by atomic mass is 16.2. The van der Waals surface area contributed by atoms with Gasteiger partial charge in [0.1, 0.15) is 0 Å². The molecule has 0 bridgehead atoms. The van der Waals surface area contributed by atoms with Crippen LogP contribution in [-0.2, 0) is 17.9 Å². The Bertz CT molecular complexity index is 539. The molecular weight excluding hydrogens is 302 g/mol. The van der Waals surface area contributed by atoms with Crippen molar-refractivity contribution in [3.05, 3.63) is 35.4 Å². The Morgan fingerprint density at radius 3 is 2.33 bits per heavy atom. The summed E-state index contributed by atoms with van der Waals surface area (Å²) >= 11 is 0. The van der Waals surface area contributed by atoms with Crippen LogP contribution in [0.3, 0.4) is 0 Å². The van der Waals surface area contributed by atoms with Crippen molar-refractivity contribution in [2.24, 2.45) is 5.92 Å². The molecule has 0 unspecified atom stereocenters. The molecular formula is C19H29N3O2. The van der Waals surface area contributed by atoms with Crippen LogP contribution >= 0.6 is 0 Å². The van der Waals surface area contributed by atoms with Crippen LogP contribution in [0.1, 0.15) is 56.6 Å². The Morgan fingerprint density at radius 2 is 1.67 bits per heavy atom. The smallest absolute Gasteiger partial charge is 0.315 e. The second-order valence-corrected chi connectivity index (χ2v) is 6.48. The highest BCUT2D eigenvalue weighted by Gasteiger charge is 2.20. The zero-order valence-corrected chi connectivity index (χ0v) is 14.6. The van der Waals surface area contributed by atoms with E-state index in [2.05, 4.69) is 16.0 Å². The van der Waals surface area contributed by atoms with Gasteiger partial charge in [0.25, 0.3) is 0 Å². The second-order valence-electron chi connectivity index (χ2n) is 6.48. The van der Waals surface area contributed by atoms with E-state index in [1.54, 1.807) is 0 Å². The number of hydrogen-bond acceptors (Lipinski definition) is 2. The first kappa shape index (κ1) is 18.3. The first-order valence-electron chi connectivity index (χ1n) is 9.06. The van der Waals surface area contributed by atoms with E-state index in [-0.39, 0.29) is 17.9 Å². The second kappa shape index (κ2) is 9.96. The third kappa shape index (κ3) is 6.22. The third-order valence-corrected chi connectivity index (χ3v) is 4.42. The Balaban J connectivity index is 1.77. The van der Waals surface area contributed by atoms with Crippen molar-refractivity contribution < 1.29 is 9.59 Å². The Labute approximate surface area is 144 Å². The van der Waals surface area contributed by atoms with Crippen LogP contribution in [0.25, 0.3) is 0 Å². The van der Waals surface area contributed by atoms with Gasteiger partial charge in [-0.2, -0.15) is 0 Å². The zero-order chi connectivity index (χ0) is 17.2. The minimum Gasteiger partial charge on any atom is -0.352 e. The Hall–Kier alpha value is -2.04. The highest BCUT2D eigenvalue weighted by molar-refractivity contribution is 5.78. The molecule has 5 nitrogen and oxygen atoms in total. The normalized spacial score (nSPS) is 14.9. The molecule has 1 aliphatic carbocycles. The van der Waals surface area contributed by atoms with Crippen LogP contribution in [0.2, 0.25) is 0 Å². The lowest BCUT2D eigenvalue weighted by atomic mass is 9.88. The van der Waals surface area contributed by atoms with Gasteiger partial charge in [-0.1, -0.05) is 50.5 Å². The maximum atomic E-state index is 12.2. The Kier molecular flexibility index (Phi) is 7.59. The summed E-state index contributed by atoms with van der Waals surface area (Å²) in [4.78, 5) is 23.8. The van der Waals surface area contributed by atoms with E-state index in [0.717, 1.165) is 30.4 Å². The minimum atomic E-state index is -0.146. The molecule has 1 aliphatic rings. The van der Waals surface area contributed by atoms with E-state index in [9.17, 15) is 9.59 Å². The number of amides is 3. The van der Waals surface area contributed by atoms with Gasteiger partial charge in [-0.3, -0.25) is 4.79 Å². The molecule has 5 heteroatoms. The molecule has 1 aromatic carbocycles. The highest BCUT2D eigenvalue weighted by Crippen LogP contribution is 2.23. The van der Waals surface area contributed by atoms with E-state index in [4.69, 9.17) is 0 Å². The molecule has 1 saturated carbocycles. The van der Waals surface area contributed by atoms with Crippen molar-refractivity contribution in [3.63, 3.8) is 0 Å². The fraction of sp³-hybridized carbons (Fsp3) is 0.579. The van der Waals surface area contributed by atoms with Gasteiger partial charge in [-0.05, 0) is 30.4 Å². The number of carbonyl (C=O) groups excluding carboxylic acids is 2. The monoisotopic (exact) mass is 331 g/mol. The van der Waals surface area contributed by atoms with Crippen LogP contribution in [0, 0.1) is 5.92 Å². The lowest BCUT2D eigenvalue weighted by Crippen LogP contribution is -2.35. The van der Waals surface area contributed by atoms with Crippen molar-refractivity contribution in [2.45, 2.75) is 58.5 Å². The van der Waals surface area contributed by atoms with Gasteiger partial charge in [0.15, 0.2) is 0 Å². The molecule has 0 aliphatic heterocycles. The zero-order valence-electron chi connectivity index (χ0n) is 14.6. The number of nitrogens with one attached hydrogen (secondary N) is 3. The maximum Gasteiger partial charge on any atom is 0.315 e. The van der Waals surface area contributed by atoms with Gasteiger partial charge in [0.2, 0.25) is 5.91 Å². The average molecular weight is 331 g/mol. The summed E-state index contributed by atoms with van der Waals surface area (Å²) in [5.41, 5.74) is 2.10. The van der Waals surface area contributed by atoms with Crippen molar-refractivity contribution in [3.8, 4) is 0 Å². The van der Waals surface area contributed by atoms with Crippen LogP contribution in [0.4, 0.5) is 4.79 Å². The predicted octanol–water partition coefficient (Wildman–Crippen LogP) is 3.09. The molecule has 24 heavy (non-hydrogen) atoms. The molecule has 0 spiro atoms. The largest absolute Gasteiger partial charge is 0.352 e. The van der Waals surface area contributed by atoms with Gasteiger partial charge < -0.3 is 16.0 Å². The minimum absolute atomic E-state index is 0.146. The third-order valence-electron chi connectivity index (χ3n) is 4.42. The lowest BCUT2D eigenvalue weighted by Gasteiger charge is -2.20. The van der Waals surface area contributed by atoms with E-state index in [1.165, 1.54) is 19.3 Å². The van der Waals surface area contributed by atoms with Crippen LogP contribution in [-0.4, -0.2) is 18.5 Å². The van der Waals surface area contributed by atoms with Gasteiger partial charge in [0, 0.05) is 25.6 Å². The van der Waals surface area contributed by atoms with Gasteiger partial charge in [-0.25, -0.2) is 4.79 Å². The molecule has 1 fully saturated rings. The van der Waals surface area contributed by atoms with Crippen molar-refractivity contribution in [1.82, 2.24) is 16.0 Å². The standard InChI is InChI=1S/C19H29N3O2/c1-2-11-20-19(24)22-14-16-8-6-7-15(12-16)13-21-18(23)17-9-4-3-5-10-17/h6-8,12,17H,2-5,9-11,13-14H2,1H3,(H,21,23)(H2,20,22,24). The summed E-state index contributed by atoms with van der Waals surface area (Å²) < 4.78 is 0. The summed E-state index contributed by atoms with van der Waals surface area (Å²) in [6, 6.07) is 7.83. The maximum absolute atomic E-state index is 12.2. The van der Waals surface area contributed by atoms with Crippen molar-refractivity contribution >= 4 is 11.9 Å². The molecule has 132 valence electrons. The van der Waals surface area contributed by atoms with Crippen LogP contribution in [0.5, 0.6) is 0 Å². The number of benzene rings is 1. The summed E-state index contributed by atoms with van der Waals surface area (Å²) in [6.45, 7) is 3.73. The van der Waals surface area contributed by atoms with Crippen molar-refractivity contribution in [2.75, 3.05) is 6.54 Å². The van der Waals surface area contributed by atoms with E-state index >= 15 is 0 Å². The molecule has 0 heterocycles. The molecule has 0 saturated heterocycles. The summed E-state index contributed by atoms with van der Waals surface area (Å²) in [7, 11) is 0. The topological polar surface area (TPSA) is 70.2 Å². The summed E-state index contributed by atoms with van der Waals surface area (Å²) in [6.07, 6.45) is 6.54. The van der Waals surface area contributed by atoms with Gasteiger partial charge in [0.05, 0.1) is 0 Å². The lowest BCUT2D eigenvalue weighted by molar-refractivity contribution is -0.126. The van der Waals surface area contributed by atoms with Crippen LogP contribution < -0.4 is 16.0 Å². The number of rotatable bonds is 7. The summed E-state index contributed by atoms with van der Waals surface area (Å²) in [5, 5.41) is 8.68. The van der Waals surface area contributed by atoms with E-state index < -0.39 is 0 Å². The first-order valence-corrected chi connectivity index (χ1v) is 9.06. The van der Waals surface area contributed by atoms with Crippen LogP contribution in [0.15, 0.2) is 24.3 Å². The number of urea groups is 1. The molecule has 2 rings (SSSR count). The van der Waals surface area contributed by atoms with Gasteiger partial charge in [-0.15, -0.1) is 0 Å². The molecule has 0 atom stereocenters. The SMILES string of the molecule is CCCNC(=O)NCc1cccc(CNC(=O)C2CCCCC2)c1. The van der Waals surface area contributed by atoms with Crippen molar-refractivity contribution in [1.29, 1.82) is 0 Å². The fourth-order valence-corrected chi connectivity index (χ4v) is 3.03. The molecule has 0 aromatic heterocycles. The van der Waals surface area contributed by atoms with E-state index in [0.29, 0.717) is 19.6 Å². The Morgan fingerprint density at radius 1 is 1.00 bits per heavy atom. The summed E-state index contributed by atoms with van der Waals surface area (Å²) in [5.74, 6) is 0.364. The quantitative estimate of drug-likeness (QED) is 0.718. The molecule has 0 radical (unpaired) electrons. The molecule has 3 amide bonds. The first-order chi connectivity index (χ1) is 11.7. The van der Waals surface area contributed by atoms with Gasteiger partial charge >= 0.3 is 6.03 Å². The molecule has 3 N–H and O–H groups in total. The fourth-order valence-electron chi connectivity index (χ4n) is 3.03. The molecule has 1 aromatic rings. The predicted molar refractivity (Wildman–Crippen MR) is 95.4 cm³/mol.